The van der Waals surface area contributed by atoms with Gasteiger partial charge in [-0.25, -0.2) is 4.99 Å². The number of carbonyl (C=O) groups is 1. The van der Waals surface area contributed by atoms with E-state index in [-0.39, 0.29) is 11.5 Å². The van der Waals surface area contributed by atoms with Gasteiger partial charge >= 0.3 is 0 Å². The molecule has 2 spiro atoms. The van der Waals surface area contributed by atoms with Crippen LogP contribution in [0.1, 0.15) is 50.2 Å². The number of amides is 1. The number of fused-ring (bicyclic) bond motifs is 2. The fourth-order valence-electron chi connectivity index (χ4n) is 4.58. The maximum Gasteiger partial charge on any atom is 0.261 e. The monoisotopic (exact) mass is 358 g/mol. The van der Waals surface area contributed by atoms with E-state index < -0.39 is 5.54 Å². The minimum Gasteiger partial charge on any atom is -0.487 e. The number of hydrogen-bond acceptors (Lipinski definition) is 4. The number of amidine groups is 1. The van der Waals surface area contributed by atoms with Gasteiger partial charge in [0.15, 0.2) is 10.7 Å². The van der Waals surface area contributed by atoms with Crippen LogP contribution in [-0.4, -0.2) is 34.9 Å². The van der Waals surface area contributed by atoms with E-state index in [9.17, 15) is 4.79 Å². The molecule has 25 heavy (non-hydrogen) atoms. The van der Waals surface area contributed by atoms with Crippen LogP contribution in [-0.2, 0) is 10.3 Å². The Kier molecular flexibility index (Phi) is 3.91. The normalized spacial score (nSPS) is 34.2. The molecule has 0 radical (unpaired) electrons. The number of carbonyl (C=O) groups excluding carboxylic acids is 1. The van der Waals surface area contributed by atoms with Crippen molar-refractivity contribution in [1.82, 2.24) is 4.90 Å². The SMILES string of the molecule is CSC1=NC2(CC3(CCC(C)CC3)Oc3ccc(C)cc32)C(=O)N1C. The first-order valence-corrected chi connectivity index (χ1v) is 10.3. The lowest BCUT2D eigenvalue weighted by Crippen LogP contribution is -2.52. The maximum absolute atomic E-state index is 13.4. The van der Waals surface area contributed by atoms with Crippen LogP contribution in [0.25, 0.3) is 0 Å². The van der Waals surface area contributed by atoms with Gasteiger partial charge in [-0.15, -0.1) is 0 Å². The Morgan fingerprint density at radius 3 is 2.68 bits per heavy atom. The molecular weight excluding hydrogens is 332 g/mol. The molecule has 1 amide bonds. The van der Waals surface area contributed by atoms with E-state index in [2.05, 4.69) is 26.0 Å². The predicted molar refractivity (Wildman–Crippen MR) is 102 cm³/mol. The number of likely N-dealkylation sites (N-methyl/N-ethyl adjacent to an activating group) is 1. The largest absolute Gasteiger partial charge is 0.487 e. The zero-order valence-corrected chi connectivity index (χ0v) is 16.3. The molecule has 0 N–H and O–H groups in total. The van der Waals surface area contributed by atoms with Crippen molar-refractivity contribution in [2.45, 2.75) is 57.1 Å². The Bertz CT molecular complexity index is 752. The van der Waals surface area contributed by atoms with Crippen LogP contribution in [0.2, 0.25) is 0 Å². The second kappa shape index (κ2) is 5.76. The number of rotatable bonds is 0. The molecule has 1 atom stereocenters. The molecule has 4 nitrogen and oxygen atoms in total. The topological polar surface area (TPSA) is 41.9 Å². The summed E-state index contributed by atoms with van der Waals surface area (Å²) in [5, 5.41) is 0.804. The van der Waals surface area contributed by atoms with Crippen LogP contribution in [0.4, 0.5) is 0 Å². The van der Waals surface area contributed by atoms with Crippen LogP contribution in [0, 0.1) is 12.8 Å². The number of nitrogens with zero attached hydrogens (tertiary/aromatic N) is 2. The number of aliphatic imine (C=N–C) groups is 1. The van der Waals surface area contributed by atoms with Gasteiger partial charge in [0.25, 0.3) is 5.91 Å². The molecule has 0 saturated heterocycles. The maximum atomic E-state index is 13.4. The van der Waals surface area contributed by atoms with Crippen LogP contribution < -0.4 is 4.74 Å². The van der Waals surface area contributed by atoms with E-state index in [0.717, 1.165) is 53.6 Å². The molecule has 3 aliphatic rings. The molecule has 0 bridgehead atoms. The quantitative estimate of drug-likeness (QED) is 0.701. The molecule has 2 heterocycles. The number of benzene rings is 1. The van der Waals surface area contributed by atoms with Crippen molar-refractivity contribution in [3.8, 4) is 5.75 Å². The van der Waals surface area contributed by atoms with E-state index >= 15 is 0 Å². The second-order valence-corrected chi connectivity index (χ2v) is 8.74. The summed E-state index contributed by atoms with van der Waals surface area (Å²) in [7, 11) is 1.84. The van der Waals surface area contributed by atoms with E-state index in [1.807, 2.05) is 19.4 Å². The summed E-state index contributed by atoms with van der Waals surface area (Å²) in [6.45, 7) is 4.37. The molecule has 1 fully saturated rings. The smallest absolute Gasteiger partial charge is 0.261 e. The fraction of sp³-hybridized carbons (Fsp3) is 0.600. The van der Waals surface area contributed by atoms with Crippen molar-refractivity contribution in [1.29, 1.82) is 0 Å². The average Bonchev–Trinajstić information content (AvgIpc) is 2.84. The molecule has 1 aromatic rings. The highest BCUT2D eigenvalue weighted by atomic mass is 32.2. The standard InChI is InChI=1S/C20H26N2O2S/c1-13-7-9-19(10-8-13)12-20(17(23)22(3)18(21-20)25-4)15-11-14(2)5-6-16(15)24-19/h5-6,11,13H,7-10,12H2,1-4H3. The van der Waals surface area contributed by atoms with Crippen LogP contribution in [0.15, 0.2) is 23.2 Å². The Morgan fingerprint density at radius 1 is 1.32 bits per heavy atom. The van der Waals surface area contributed by atoms with Gasteiger partial charge in [-0.1, -0.05) is 30.3 Å². The van der Waals surface area contributed by atoms with Gasteiger partial charge in [0.2, 0.25) is 0 Å². The van der Waals surface area contributed by atoms with Crippen LogP contribution >= 0.6 is 11.8 Å². The molecular formula is C20H26N2O2S. The lowest BCUT2D eigenvalue weighted by molar-refractivity contribution is -0.135. The molecule has 4 rings (SSSR count). The third-order valence-corrected chi connectivity index (χ3v) is 6.82. The van der Waals surface area contributed by atoms with Crippen molar-refractivity contribution in [2.75, 3.05) is 13.3 Å². The summed E-state index contributed by atoms with van der Waals surface area (Å²) in [5.41, 5.74) is 1.01. The highest BCUT2D eigenvalue weighted by Gasteiger charge is 2.58. The van der Waals surface area contributed by atoms with Crippen molar-refractivity contribution in [3.05, 3.63) is 29.3 Å². The predicted octanol–water partition coefficient (Wildman–Crippen LogP) is 4.11. The Balaban J connectivity index is 1.87. The Morgan fingerprint density at radius 2 is 2.04 bits per heavy atom. The van der Waals surface area contributed by atoms with Gasteiger partial charge in [0.05, 0.1) is 0 Å². The van der Waals surface area contributed by atoms with Crippen molar-refractivity contribution in [2.24, 2.45) is 10.9 Å². The lowest BCUT2D eigenvalue weighted by atomic mass is 9.69. The van der Waals surface area contributed by atoms with E-state index in [4.69, 9.17) is 9.73 Å². The second-order valence-electron chi connectivity index (χ2n) is 7.97. The van der Waals surface area contributed by atoms with E-state index in [1.165, 1.54) is 0 Å². The van der Waals surface area contributed by atoms with Crippen LogP contribution in [0.5, 0.6) is 5.75 Å². The molecule has 2 aliphatic heterocycles. The Hall–Kier alpha value is -1.49. The number of aryl methyl sites for hydroxylation is 1. The van der Waals surface area contributed by atoms with E-state index in [0.29, 0.717) is 6.42 Å². The summed E-state index contributed by atoms with van der Waals surface area (Å²) < 4.78 is 6.56. The van der Waals surface area contributed by atoms with Crippen LogP contribution in [0.3, 0.4) is 0 Å². The third kappa shape index (κ3) is 2.50. The zero-order chi connectivity index (χ0) is 17.8. The summed E-state index contributed by atoms with van der Waals surface area (Å²) in [6, 6.07) is 6.19. The first kappa shape index (κ1) is 17.0. The van der Waals surface area contributed by atoms with Crippen molar-refractivity contribution >= 4 is 22.8 Å². The molecule has 5 heteroatoms. The fourth-order valence-corrected chi connectivity index (χ4v) is 5.18. The molecule has 1 saturated carbocycles. The molecule has 1 unspecified atom stereocenters. The summed E-state index contributed by atoms with van der Waals surface area (Å²) in [4.78, 5) is 20.1. The lowest BCUT2D eigenvalue weighted by Gasteiger charge is -2.48. The molecule has 134 valence electrons. The van der Waals surface area contributed by atoms with Gasteiger partial charge in [-0.2, -0.15) is 0 Å². The average molecular weight is 359 g/mol. The van der Waals surface area contributed by atoms with Gasteiger partial charge in [0.1, 0.15) is 11.4 Å². The van der Waals surface area contributed by atoms with Crippen molar-refractivity contribution < 1.29 is 9.53 Å². The number of thioether (sulfide) groups is 1. The van der Waals surface area contributed by atoms with Crippen molar-refractivity contribution in [3.63, 3.8) is 0 Å². The summed E-state index contributed by atoms with van der Waals surface area (Å²) in [5.74, 6) is 1.67. The number of hydrogen-bond donors (Lipinski definition) is 0. The first-order valence-electron chi connectivity index (χ1n) is 9.11. The molecule has 1 aromatic carbocycles. The summed E-state index contributed by atoms with van der Waals surface area (Å²) >= 11 is 1.54. The zero-order valence-electron chi connectivity index (χ0n) is 15.5. The Labute approximate surface area is 154 Å². The molecule has 0 aromatic heterocycles. The minimum absolute atomic E-state index is 0.0880. The third-order valence-electron chi connectivity index (χ3n) is 6.09. The van der Waals surface area contributed by atoms with Gasteiger partial charge < -0.3 is 4.74 Å². The first-order chi connectivity index (χ1) is 11.9. The van der Waals surface area contributed by atoms with E-state index in [1.54, 1.807) is 16.7 Å². The minimum atomic E-state index is -0.812. The van der Waals surface area contributed by atoms with Gasteiger partial charge in [-0.3, -0.25) is 9.69 Å². The number of ether oxygens (including phenoxy) is 1. The highest BCUT2D eigenvalue weighted by Crippen LogP contribution is 2.54. The van der Waals surface area contributed by atoms with Gasteiger partial charge in [0, 0.05) is 19.0 Å². The highest BCUT2D eigenvalue weighted by molar-refractivity contribution is 8.13. The molecule has 1 aliphatic carbocycles. The summed E-state index contributed by atoms with van der Waals surface area (Å²) in [6.07, 6.45) is 6.96. The van der Waals surface area contributed by atoms with Gasteiger partial charge in [-0.05, 0) is 56.9 Å².